The zero-order valence-corrected chi connectivity index (χ0v) is 9.44. The molecule has 1 aromatic carbocycles. The highest BCUT2D eigenvalue weighted by Gasteiger charge is 2.35. The van der Waals surface area contributed by atoms with Gasteiger partial charge in [0.15, 0.2) is 9.84 Å². The van der Waals surface area contributed by atoms with Crippen LogP contribution in [0.2, 0.25) is 0 Å². The molecule has 1 fully saturated rings. The monoisotopic (exact) mass is 243 g/mol. The molecule has 16 heavy (non-hydrogen) atoms. The first kappa shape index (κ1) is 11.4. The first-order valence-corrected chi connectivity index (χ1v) is 6.69. The number of hydrogen-bond donors (Lipinski definition) is 1. The lowest BCUT2D eigenvalue weighted by atomic mass is 10.2. The van der Waals surface area contributed by atoms with Crippen LogP contribution in [0.1, 0.15) is 5.56 Å². The number of rotatable bonds is 4. The molecule has 0 aromatic heterocycles. The Morgan fingerprint density at radius 3 is 2.75 bits per heavy atom. The Labute approximate surface area is 94.0 Å². The number of sulfone groups is 1. The van der Waals surface area contributed by atoms with Gasteiger partial charge in [0.2, 0.25) is 0 Å². The Kier molecular flexibility index (Phi) is 3.13. The van der Waals surface area contributed by atoms with Crippen LogP contribution in [0.25, 0.3) is 0 Å². The molecule has 0 bridgehead atoms. The molecule has 0 saturated carbocycles. The summed E-state index contributed by atoms with van der Waals surface area (Å²) in [5.41, 5.74) is 0.891. The average Bonchev–Trinajstić information content (AvgIpc) is 2.16. The Balaban J connectivity index is 1.97. The predicted octanol–water partition coefficient (Wildman–Crippen LogP) is 0.253. The summed E-state index contributed by atoms with van der Waals surface area (Å²) < 4.78 is 27.4. The van der Waals surface area contributed by atoms with E-state index in [1.54, 1.807) is 12.1 Å². The lowest BCUT2D eigenvalue weighted by molar-refractivity contribution is 0.123. The van der Waals surface area contributed by atoms with Gasteiger partial charge in [-0.15, -0.1) is 0 Å². The van der Waals surface area contributed by atoms with E-state index < -0.39 is 9.84 Å². The SMILES string of the molecule is NOCc1cccc(OC2CS(=O)(=O)C2)c1. The highest BCUT2D eigenvalue weighted by Crippen LogP contribution is 2.20. The molecule has 0 spiro atoms. The molecule has 2 N–H and O–H groups in total. The van der Waals surface area contributed by atoms with E-state index in [4.69, 9.17) is 10.6 Å². The molecule has 88 valence electrons. The van der Waals surface area contributed by atoms with Crippen LogP contribution in [0.5, 0.6) is 5.75 Å². The minimum atomic E-state index is -2.84. The molecule has 0 amide bonds. The van der Waals surface area contributed by atoms with Crippen molar-refractivity contribution in [1.82, 2.24) is 0 Å². The molecule has 0 aliphatic carbocycles. The van der Waals surface area contributed by atoms with Crippen molar-refractivity contribution in [3.63, 3.8) is 0 Å². The van der Waals surface area contributed by atoms with Crippen LogP contribution in [-0.4, -0.2) is 26.0 Å². The van der Waals surface area contributed by atoms with E-state index in [1.165, 1.54) is 0 Å². The highest BCUT2D eigenvalue weighted by atomic mass is 32.2. The zero-order valence-electron chi connectivity index (χ0n) is 8.63. The van der Waals surface area contributed by atoms with Crippen molar-refractivity contribution in [2.24, 2.45) is 5.90 Å². The van der Waals surface area contributed by atoms with Crippen LogP contribution in [0.15, 0.2) is 24.3 Å². The van der Waals surface area contributed by atoms with Crippen molar-refractivity contribution in [3.8, 4) is 5.75 Å². The van der Waals surface area contributed by atoms with E-state index in [1.807, 2.05) is 12.1 Å². The first-order valence-electron chi connectivity index (χ1n) is 4.87. The van der Waals surface area contributed by atoms with Crippen LogP contribution in [0.3, 0.4) is 0 Å². The van der Waals surface area contributed by atoms with E-state index in [9.17, 15) is 8.42 Å². The third-order valence-corrected chi connectivity index (χ3v) is 4.09. The van der Waals surface area contributed by atoms with Gasteiger partial charge in [-0.25, -0.2) is 14.3 Å². The second-order valence-corrected chi connectivity index (χ2v) is 5.93. The standard InChI is InChI=1S/C10H13NO4S/c11-14-5-8-2-1-3-9(4-8)15-10-6-16(12,13)7-10/h1-4,10H,5-7,11H2. The summed E-state index contributed by atoms with van der Waals surface area (Å²) in [6.07, 6.45) is -0.223. The molecule has 0 atom stereocenters. The van der Waals surface area contributed by atoms with E-state index >= 15 is 0 Å². The minimum absolute atomic E-state index is 0.102. The van der Waals surface area contributed by atoms with Crippen molar-refractivity contribution in [1.29, 1.82) is 0 Å². The highest BCUT2D eigenvalue weighted by molar-refractivity contribution is 7.92. The average molecular weight is 243 g/mol. The Morgan fingerprint density at radius 1 is 1.38 bits per heavy atom. The van der Waals surface area contributed by atoms with E-state index in [2.05, 4.69) is 4.84 Å². The summed E-state index contributed by atoms with van der Waals surface area (Å²) in [5.74, 6) is 5.82. The van der Waals surface area contributed by atoms with Gasteiger partial charge in [0.1, 0.15) is 11.9 Å². The molecular formula is C10H13NO4S. The van der Waals surface area contributed by atoms with Crippen molar-refractivity contribution in [3.05, 3.63) is 29.8 Å². The van der Waals surface area contributed by atoms with Crippen molar-refractivity contribution < 1.29 is 18.0 Å². The number of hydrogen-bond acceptors (Lipinski definition) is 5. The molecule has 1 heterocycles. The van der Waals surface area contributed by atoms with Gasteiger partial charge in [-0.05, 0) is 17.7 Å². The smallest absolute Gasteiger partial charge is 0.157 e. The Morgan fingerprint density at radius 2 is 2.12 bits per heavy atom. The second kappa shape index (κ2) is 4.40. The van der Waals surface area contributed by atoms with Crippen LogP contribution >= 0.6 is 0 Å². The van der Waals surface area contributed by atoms with Gasteiger partial charge >= 0.3 is 0 Å². The summed E-state index contributed by atoms with van der Waals surface area (Å²) in [6.45, 7) is 0.306. The maximum Gasteiger partial charge on any atom is 0.157 e. The summed E-state index contributed by atoms with van der Waals surface area (Å²) in [6, 6.07) is 7.25. The third-order valence-electron chi connectivity index (χ3n) is 2.33. The van der Waals surface area contributed by atoms with E-state index in [0.29, 0.717) is 12.4 Å². The van der Waals surface area contributed by atoms with Gasteiger partial charge in [-0.1, -0.05) is 12.1 Å². The van der Waals surface area contributed by atoms with Gasteiger partial charge in [0.25, 0.3) is 0 Å². The molecule has 5 nitrogen and oxygen atoms in total. The molecular weight excluding hydrogens is 230 g/mol. The van der Waals surface area contributed by atoms with Gasteiger partial charge in [0.05, 0.1) is 18.1 Å². The Hall–Kier alpha value is -1.11. The van der Waals surface area contributed by atoms with Gasteiger partial charge in [0, 0.05) is 0 Å². The molecule has 0 unspecified atom stereocenters. The maximum absolute atomic E-state index is 10.9. The lowest BCUT2D eigenvalue weighted by Gasteiger charge is -2.26. The summed E-state index contributed by atoms with van der Waals surface area (Å²) in [7, 11) is -2.84. The zero-order chi connectivity index (χ0) is 11.6. The molecule has 6 heteroatoms. The first-order chi connectivity index (χ1) is 7.59. The Bertz CT molecular complexity index is 459. The summed E-state index contributed by atoms with van der Waals surface area (Å²) in [4.78, 5) is 4.51. The maximum atomic E-state index is 10.9. The topological polar surface area (TPSA) is 78.6 Å². The molecule has 0 radical (unpaired) electrons. The third kappa shape index (κ3) is 2.72. The van der Waals surface area contributed by atoms with Crippen molar-refractivity contribution >= 4 is 9.84 Å². The second-order valence-electron chi connectivity index (χ2n) is 3.78. The van der Waals surface area contributed by atoms with E-state index in [0.717, 1.165) is 5.56 Å². The van der Waals surface area contributed by atoms with Crippen LogP contribution in [0.4, 0.5) is 0 Å². The quantitative estimate of drug-likeness (QED) is 0.767. The molecule has 1 aliphatic rings. The fraction of sp³-hybridized carbons (Fsp3) is 0.400. The van der Waals surface area contributed by atoms with Gasteiger partial charge in [-0.2, -0.15) is 0 Å². The van der Waals surface area contributed by atoms with Gasteiger partial charge in [-0.3, -0.25) is 4.84 Å². The van der Waals surface area contributed by atoms with Gasteiger partial charge < -0.3 is 4.74 Å². The largest absolute Gasteiger partial charge is 0.488 e. The number of ether oxygens (including phenoxy) is 1. The summed E-state index contributed by atoms with van der Waals surface area (Å²) in [5, 5.41) is 0. The predicted molar refractivity (Wildman–Crippen MR) is 58.5 cm³/mol. The van der Waals surface area contributed by atoms with Crippen LogP contribution < -0.4 is 10.6 Å². The van der Waals surface area contributed by atoms with Crippen molar-refractivity contribution in [2.45, 2.75) is 12.7 Å². The molecule has 1 aliphatic heterocycles. The fourth-order valence-corrected chi connectivity index (χ4v) is 2.75. The molecule has 2 rings (SSSR count). The molecule has 1 saturated heterocycles. The normalized spacial score (nSPS) is 19.1. The fourth-order valence-electron chi connectivity index (χ4n) is 1.58. The van der Waals surface area contributed by atoms with Crippen LogP contribution in [-0.2, 0) is 21.3 Å². The van der Waals surface area contributed by atoms with Crippen molar-refractivity contribution in [2.75, 3.05) is 11.5 Å². The minimum Gasteiger partial charge on any atom is -0.488 e. The van der Waals surface area contributed by atoms with E-state index in [-0.39, 0.29) is 17.6 Å². The number of nitrogens with two attached hydrogens (primary N) is 1. The molecule has 1 aromatic rings. The number of benzene rings is 1. The lowest BCUT2D eigenvalue weighted by Crippen LogP contribution is -2.45. The summed E-state index contributed by atoms with van der Waals surface area (Å²) >= 11 is 0. The van der Waals surface area contributed by atoms with Crippen LogP contribution in [0, 0.1) is 0 Å².